The maximum Gasteiger partial charge on any atom is 0.248 e. The van der Waals surface area contributed by atoms with Crippen LogP contribution in [0, 0.1) is 12.7 Å². The maximum atomic E-state index is 13.5. The van der Waals surface area contributed by atoms with Crippen molar-refractivity contribution in [3.8, 4) is 0 Å². The Labute approximate surface area is 104 Å². The fraction of sp³-hybridized carbons (Fsp3) is 0.333. The van der Waals surface area contributed by atoms with Gasteiger partial charge >= 0.3 is 0 Å². The van der Waals surface area contributed by atoms with E-state index < -0.39 is 23.7 Å². The molecule has 2 amide bonds. The molecule has 0 aromatic heterocycles. The van der Waals surface area contributed by atoms with Crippen LogP contribution in [0.2, 0.25) is 0 Å². The number of amides is 2. The van der Waals surface area contributed by atoms with Crippen LogP contribution in [0.15, 0.2) is 12.1 Å². The van der Waals surface area contributed by atoms with Crippen LogP contribution < -0.4 is 16.8 Å². The molecule has 0 bridgehead atoms. The molecule has 0 heterocycles. The molecule has 0 aliphatic carbocycles. The van der Waals surface area contributed by atoms with Gasteiger partial charge in [0.1, 0.15) is 5.82 Å². The third-order valence-electron chi connectivity index (χ3n) is 2.66. The number of rotatable bonds is 4. The second kappa shape index (κ2) is 5.59. The molecule has 0 aliphatic rings. The zero-order valence-corrected chi connectivity index (χ0v) is 10.3. The molecule has 18 heavy (non-hydrogen) atoms. The molecule has 1 aromatic rings. The second-order valence-electron chi connectivity index (χ2n) is 4.00. The monoisotopic (exact) mass is 253 g/mol. The number of nitrogens with one attached hydrogen (secondary N) is 1. The topological polar surface area (TPSA) is 98.2 Å². The summed E-state index contributed by atoms with van der Waals surface area (Å²) in [6, 6.07) is 1.69. The van der Waals surface area contributed by atoms with Crippen LogP contribution in [-0.4, -0.2) is 17.9 Å². The molecule has 1 aromatic carbocycles. The average molecular weight is 253 g/mol. The fourth-order valence-corrected chi connectivity index (χ4v) is 1.36. The first-order chi connectivity index (χ1) is 8.36. The van der Waals surface area contributed by atoms with Crippen LogP contribution in [0.25, 0.3) is 0 Å². The zero-order chi connectivity index (χ0) is 13.9. The van der Waals surface area contributed by atoms with Crippen molar-refractivity contribution < 1.29 is 14.0 Å². The van der Waals surface area contributed by atoms with Gasteiger partial charge in [-0.05, 0) is 25.5 Å². The van der Waals surface area contributed by atoms with Gasteiger partial charge in [-0.25, -0.2) is 4.39 Å². The minimum Gasteiger partial charge on any atom is -0.366 e. The molecule has 98 valence electrons. The molecule has 0 saturated carbocycles. The first-order valence-corrected chi connectivity index (χ1v) is 5.53. The number of anilines is 1. The Balaban J connectivity index is 3.08. The zero-order valence-electron chi connectivity index (χ0n) is 10.3. The SMILES string of the molecule is CCC(N)C(=O)Nc1cc(C(N)=O)cc(F)c1C. The Kier molecular flexibility index (Phi) is 4.38. The molecule has 0 radical (unpaired) electrons. The Bertz CT molecular complexity index is 488. The lowest BCUT2D eigenvalue weighted by atomic mass is 10.1. The summed E-state index contributed by atoms with van der Waals surface area (Å²) in [5.41, 5.74) is 11.1. The summed E-state index contributed by atoms with van der Waals surface area (Å²) < 4.78 is 13.5. The predicted molar refractivity (Wildman–Crippen MR) is 66.6 cm³/mol. The molecular weight excluding hydrogens is 237 g/mol. The maximum absolute atomic E-state index is 13.5. The second-order valence-corrected chi connectivity index (χ2v) is 4.00. The number of hydrogen-bond acceptors (Lipinski definition) is 3. The lowest BCUT2D eigenvalue weighted by Gasteiger charge is -2.13. The van der Waals surface area contributed by atoms with Gasteiger partial charge in [0.15, 0.2) is 0 Å². The minimum absolute atomic E-state index is 0.00142. The van der Waals surface area contributed by atoms with E-state index >= 15 is 0 Å². The summed E-state index contributed by atoms with van der Waals surface area (Å²) in [4.78, 5) is 22.6. The predicted octanol–water partition coefficient (Wildman–Crippen LogP) is 0.909. The summed E-state index contributed by atoms with van der Waals surface area (Å²) in [6.45, 7) is 3.25. The number of hydrogen-bond donors (Lipinski definition) is 3. The van der Waals surface area contributed by atoms with E-state index in [1.807, 2.05) is 0 Å². The van der Waals surface area contributed by atoms with Crippen molar-refractivity contribution in [2.45, 2.75) is 26.3 Å². The van der Waals surface area contributed by atoms with Crippen LogP contribution in [0.4, 0.5) is 10.1 Å². The van der Waals surface area contributed by atoms with Gasteiger partial charge in [0, 0.05) is 16.8 Å². The Hall–Kier alpha value is -1.95. The lowest BCUT2D eigenvalue weighted by Crippen LogP contribution is -2.35. The number of carbonyl (C=O) groups is 2. The van der Waals surface area contributed by atoms with Crippen LogP contribution in [-0.2, 0) is 4.79 Å². The van der Waals surface area contributed by atoms with Crippen LogP contribution in [0.5, 0.6) is 0 Å². The number of benzene rings is 1. The molecule has 5 nitrogen and oxygen atoms in total. The largest absolute Gasteiger partial charge is 0.366 e. The first-order valence-electron chi connectivity index (χ1n) is 5.53. The highest BCUT2D eigenvalue weighted by Crippen LogP contribution is 2.20. The summed E-state index contributed by atoms with van der Waals surface area (Å²) in [7, 11) is 0. The van der Waals surface area contributed by atoms with Crippen molar-refractivity contribution >= 4 is 17.5 Å². The number of primary amides is 1. The van der Waals surface area contributed by atoms with E-state index in [-0.39, 0.29) is 16.8 Å². The number of halogens is 1. The van der Waals surface area contributed by atoms with E-state index in [4.69, 9.17) is 11.5 Å². The molecule has 0 fully saturated rings. The van der Waals surface area contributed by atoms with Crippen molar-refractivity contribution in [1.82, 2.24) is 0 Å². The lowest BCUT2D eigenvalue weighted by molar-refractivity contribution is -0.117. The van der Waals surface area contributed by atoms with Crippen LogP contribution in [0.3, 0.4) is 0 Å². The summed E-state index contributed by atoms with van der Waals surface area (Å²) in [5.74, 6) is -1.79. The van der Waals surface area contributed by atoms with E-state index in [0.29, 0.717) is 6.42 Å². The van der Waals surface area contributed by atoms with Crippen molar-refractivity contribution in [2.24, 2.45) is 11.5 Å². The van der Waals surface area contributed by atoms with E-state index in [0.717, 1.165) is 6.07 Å². The van der Waals surface area contributed by atoms with Gasteiger partial charge in [-0.3, -0.25) is 9.59 Å². The van der Waals surface area contributed by atoms with Crippen LogP contribution >= 0.6 is 0 Å². The molecule has 5 N–H and O–H groups in total. The van der Waals surface area contributed by atoms with Crippen LogP contribution in [0.1, 0.15) is 29.3 Å². The van der Waals surface area contributed by atoms with Gasteiger partial charge < -0.3 is 16.8 Å². The molecule has 1 atom stereocenters. The average Bonchev–Trinajstić information content (AvgIpc) is 2.33. The van der Waals surface area contributed by atoms with E-state index in [2.05, 4.69) is 5.32 Å². The third-order valence-corrected chi connectivity index (χ3v) is 2.66. The van der Waals surface area contributed by atoms with Crippen molar-refractivity contribution in [2.75, 3.05) is 5.32 Å². The van der Waals surface area contributed by atoms with E-state index in [9.17, 15) is 14.0 Å². The highest BCUT2D eigenvalue weighted by Gasteiger charge is 2.15. The quantitative estimate of drug-likeness (QED) is 0.743. The summed E-state index contributed by atoms with van der Waals surface area (Å²) in [5, 5.41) is 2.49. The summed E-state index contributed by atoms with van der Waals surface area (Å²) >= 11 is 0. The molecule has 1 unspecified atom stereocenters. The van der Waals surface area contributed by atoms with Gasteiger partial charge in [0.05, 0.1) is 6.04 Å². The minimum atomic E-state index is -0.760. The first kappa shape index (κ1) is 14.1. The number of carbonyl (C=O) groups excluding carboxylic acids is 2. The third kappa shape index (κ3) is 3.04. The van der Waals surface area contributed by atoms with Gasteiger partial charge in [-0.2, -0.15) is 0 Å². The molecule has 0 aliphatic heterocycles. The molecule has 0 spiro atoms. The summed E-state index contributed by atoms with van der Waals surface area (Å²) in [6.07, 6.45) is 0.461. The Morgan fingerprint density at radius 2 is 2.06 bits per heavy atom. The van der Waals surface area contributed by atoms with Crippen molar-refractivity contribution in [1.29, 1.82) is 0 Å². The Morgan fingerprint density at radius 3 is 2.56 bits per heavy atom. The van der Waals surface area contributed by atoms with Gasteiger partial charge in [-0.1, -0.05) is 6.92 Å². The van der Waals surface area contributed by atoms with E-state index in [1.54, 1.807) is 6.92 Å². The highest BCUT2D eigenvalue weighted by atomic mass is 19.1. The fourth-order valence-electron chi connectivity index (χ4n) is 1.36. The smallest absolute Gasteiger partial charge is 0.248 e. The van der Waals surface area contributed by atoms with Crippen molar-refractivity contribution in [3.05, 3.63) is 29.1 Å². The normalized spacial score (nSPS) is 12.0. The highest BCUT2D eigenvalue weighted by molar-refractivity contribution is 5.98. The number of nitrogens with two attached hydrogens (primary N) is 2. The van der Waals surface area contributed by atoms with Gasteiger partial charge in [0.2, 0.25) is 11.8 Å². The molecular formula is C12H16FN3O2. The van der Waals surface area contributed by atoms with Gasteiger partial charge in [-0.15, -0.1) is 0 Å². The van der Waals surface area contributed by atoms with Gasteiger partial charge in [0.25, 0.3) is 0 Å². The van der Waals surface area contributed by atoms with Crippen molar-refractivity contribution in [3.63, 3.8) is 0 Å². The molecule has 6 heteroatoms. The standard InChI is InChI=1S/C12H16FN3O2/c1-3-9(14)12(18)16-10-5-7(11(15)17)4-8(13)6(10)2/h4-5,9H,3,14H2,1-2H3,(H2,15,17)(H,16,18). The van der Waals surface area contributed by atoms with E-state index in [1.165, 1.54) is 13.0 Å². The Morgan fingerprint density at radius 1 is 1.44 bits per heavy atom. The molecule has 1 rings (SSSR count). The molecule has 0 saturated heterocycles.